The van der Waals surface area contributed by atoms with E-state index < -0.39 is 0 Å². The van der Waals surface area contributed by atoms with E-state index in [1.807, 2.05) is 48.5 Å². The van der Waals surface area contributed by atoms with Crippen molar-refractivity contribution in [1.29, 1.82) is 0 Å². The minimum absolute atomic E-state index is 0. The molecule has 0 radical (unpaired) electrons. The summed E-state index contributed by atoms with van der Waals surface area (Å²) in [7, 11) is 2.10. The minimum Gasteiger partial charge on any atom is -1.00 e. The normalized spacial score (nSPS) is 15.9. The van der Waals surface area contributed by atoms with Gasteiger partial charge in [-0.25, -0.2) is 4.98 Å². The molecule has 4 rings (SSSR count). The van der Waals surface area contributed by atoms with E-state index in [-0.39, 0.29) is 22.9 Å². The Morgan fingerprint density at radius 3 is 2.19 bits per heavy atom. The van der Waals surface area contributed by atoms with Crippen LogP contribution in [-0.2, 0) is 9.53 Å². The lowest BCUT2D eigenvalue weighted by Crippen LogP contribution is -3.00. The largest absolute Gasteiger partial charge is 1.00 e. The van der Waals surface area contributed by atoms with Gasteiger partial charge in [0.25, 0.3) is 5.91 Å². The Hall–Kier alpha value is -2.22. The number of halogens is 1. The van der Waals surface area contributed by atoms with Crippen molar-refractivity contribution in [3.63, 3.8) is 0 Å². The van der Waals surface area contributed by atoms with Crippen molar-refractivity contribution < 1.29 is 31.0 Å². The van der Waals surface area contributed by atoms with Gasteiger partial charge in [0.2, 0.25) is 0 Å². The molecule has 0 spiro atoms. The topological polar surface area (TPSA) is 63.2 Å². The molecule has 0 aliphatic carbocycles. The molecule has 2 N–H and O–H groups in total. The highest BCUT2D eigenvalue weighted by molar-refractivity contribution is 6.07. The molecule has 142 valence electrons. The first-order chi connectivity index (χ1) is 12.6. The second kappa shape index (κ2) is 8.21. The Labute approximate surface area is 168 Å². The van der Waals surface area contributed by atoms with Crippen molar-refractivity contribution in [2.45, 2.75) is 0 Å². The zero-order valence-corrected chi connectivity index (χ0v) is 16.8. The number of hydrogen-bond donors (Lipinski definition) is 2. The van der Waals surface area contributed by atoms with Crippen LogP contribution < -0.4 is 27.8 Å². The van der Waals surface area contributed by atoms with Crippen LogP contribution in [0.15, 0.2) is 48.5 Å². The molecule has 1 aromatic heterocycles. The summed E-state index contributed by atoms with van der Waals surface area (Å²) in [5.41, 5.74) is 8.71. The predicted molar refractivity (Wildman–Crippen MR) is 103 cm³/mol. The van der Waals surface area contributed by atoms with Gasteiger partial charge in [0.05, 0.1) is 37.0 Å². The number of pyridine rings is 1. The molecule has 1 fully saturated rings. The lowest BCUT2D eigenvalue weighted by molar-refractivity contribution is -0.909. The number of quaternary nitrogens is 1. The van der Waals surface area contributed by atoms with Gasteiger partial charge in [-0.2, -0.15) is 0 Å². The van der Waals surface area contributed by atoms with Crippen molar-refractivity contribution in [3.8, 4) is 0 Å². The Morgan fingerprint density at radius 1 is 1.04 bits per heavy atom. The van der Waals surface area contributed by atoms with E-state index in [9.17, 15) is 4.79 Å². The van der Waals surface area contributed by atoms with Crippen LogP contribution >= 0.6 is 0 Å². The molecule has 27 heavy (non-hydrogen) atoms. The fourth-order valence-corrected chi connectivity index (χ4v) is 3.43. The number of fused-ring (bicyclic) bond motifs is 2. The number of likely N-dealkylation sites (N-methyl/N-ethyl adjacent to an activating group) is 1. The number of morpholine rings is 1. The van der Waals surface area contributed by atoms with E-state index in [0.717, 1.165) is 40.6 Å². The summed E-state index contributed by atoms with van der Waals surface area (Å²) in [6.07, 6.45) is 0. The number of benzene rings is 2. The molecule has 0 unspecified atom stereocenters. The number of para-hydroxylation sites is 2. The quantitative estimate of drug-likeness (QED) is 0.326. The predicted octanol–water partition coefficient (Wildman–Crippen LogP) is -0.688. The van der Waals surface area contributed by atoms with Crippen molar-refractivity contribution in [1.82, 2.24) is 10.4 Å². The van der Waals surface area contributed by atoms with E-state index in [2.05, 4.69) is 17.9 Å². The molecule has 0 atom stereocenters. The summed E-state index contributed by atoms with van der Waals surface area (Å²) < 4.78 is 6.10. The number of nitrogens with one attached hydrogen (secondary N) is 2. The lowest BCUT2D eigenvalue weighted by atomic mass is 10.1. The summed E-state index contributed by atoms with van der Waals surface area (Å²) in [5.74, 6) is -0.0284. The molecule has 1 saturated heterocycles. The fourth-order valence-electron chi connectivity index (χ4n) is 3.43. The Morgan fingerprint density at radius 2 is 1.59 bits per heavy atom. The third-order valence-electron chi connectivity index (χ3n) is 4.99. The maximum absolute atomic E-state index is 12.5. The summed E-state index contributed by atoms with van der Waals surface area (Å²) in [6.45, 7) is 3.55. The van der Waals surface area contributed by atoms with E-state index in [1.165, 1.54) is 0 Å². The maximum Gasteiger partial charge on any atom is 0.293 e. The average molecular weight is 431 g/mol. The van der Waals surface area contributed by atoms with Gasteiger partial charge >= 0.3 is 0 Å². The number of nitrogens with zero attached hydrogens (tertiary/aromatic N) is 2. The van der Waals surface area contributed by atoms with Gasteiger partial charge in [-0.05, 0) is 12.1 Å². The molecule has 6 nitrogen and oxygen atoms in total. The third-order valence-corrected chi connectivity index (χ3v) is 4.99. The molecule has 7 heteroatoms. The number of amides is 1. The van der Waals surface area contributed by atoms with Crippen LogP contribution in [0.1, 0.15) is 0 Å². The van der Waals surface area contributed by atoms with Crippen LogP contribution in [0.3, 0.4) is 0 Å². The molecule has 3 aromatic rings. The first kappa shape index (κ1) is 19.5. The number of ether oxygens (including phenoxy) is 1. The fraction of sp³-hybridized carbons (Fsp3) is 0.300. The number of hydrogen-bond acceptors (Lipinski definition) is 4. The Kier molecular flexibility index (Phi) is 5.94. The number of anilines is 1. The monoisotopic (exact) mass is 430 g/mol. The highest BCUT2D eigenvalue weighted by Gasteiger charge is 2.28. The van der Waals surface area contributed by atoms with Gasteiger partial charge in [-0.3, -0.25) is 15.6 Å². The minimum atomic E-state index is -0.0284. The lowest BCUT2D eigenvalue weighted by Gasteiger charge is -2.36. The molecule has 1 aliphatic rings. The maximum atomic E-state index is 12.5. The standard InChI is InChI=1S/C20H22N4O2.BrH/c1-24(10-12-26-13-11-24)14-19(25)22-23-20-15-6-2-4-8-17(15)21-18-9-5-3-7-16(18)20;/h2-9H,10-14H2,1H3,(H-,21,22,23,25);1H. The zero-order valence-electron chi connectivity index (χ0n) is 15.2. The second-order valence-electron chi connectivity index (χ2n) is 7.03. The van der Waals surface area contributed by atoms with Crippen LogP contribution in [0.25, 0.3) is 21.8 Å². The zero-order chi connectivity index (χ0) is 18.0. The van der Waals surface area contributed by atoms with Gasteiger partial charge in [0, 0.05) is 10.8 Å². The van der Waals surface area contributed by atoms with Crippen molar-refractivity contribution in [2.75, 3.05) is 45.3 Å². The molecule has 1 aliphatic heterocycles. The Balaban J connectivity index is 0.00000210. The summed E-state index contributed by atoms with van der Waals surface area (Å²) in [5, 5.41) is 1.97. The van der Waals surface area contributed by atoms with Crippen LogP contribution in [-0.4, -0.2) is 55.3 Å². The van der Waals surface area contributed by atoms with E-state index in [4.69, 9.17) is 9.72 Å². The van der Waals surface area contributed by atoms with Crippen LogP contribution in [0.4, 0.5) is 5.69 Å². The summed E-state index contributed by atoms with van der Waals surface area (Å²) in [6, 6.07) is 15.9. The van der Waals surface area contributed by atoms with Crippen molar-refractivity contribution in [2.24, 2.45) is 0 Å². The van der Waals surface area contributed by atoms with Gasteiger partial charge in [0.1, 0.15) is 13.1 Å². The molecule has 1 amide bonds. The van der Waals surface area contributed by atoms with Crippen LogP contribution in [0, 0.1) is 0 Å². The van der Waals surface area contributed by atoms with E-state index in [1.54, 1.807) is 0 Å². The molecule has 2 heterocycles. The number of hydrazine groups is 1. The number of rotatable bonds is 4. The molecule has 0 bridgehead atoms. The van der Waals surface area contributed by atoms with Crippen LogP contribution in [0.5, 0.6) is 0 Å². The van der Waals surface area contributed by atoms with Crippen LogP contribution in [0.2, 0.25) is 0 Å². The van der Waals surface area contributed by atoms with E-state index in [0.29, 0.717) is 24.2 Å². The summed E-state index contributed by atoms with van der Waals surface area (Å²) >= 11 is 0. The number of carbonyl (C=O) groups excluding carboxylic acids is 1. The first-order valence-electron chi connectivity index (χ1n) is 8.88. The molecule has 0 saturated carbocycles. The molecule has 2 aromatic carbocycles. The molecular formula is C20H23BrN4O2. The highest BCUT2D eigenvalue weighted by Crippen LogP contribution is 2.29. The van der Waals surface area contributed by atoms with Crippen molar-refractivity contribution in [3.05, 3.63) is 48.5 Å². The van der Waals surface area contributed by atoms with Gasteiger partial charge < -0.3 is 26.2 Å². The van der Waals surface area contributed by atoms with Gasteiger partial charge in [-0.1, -0.05) is 36.4 Å². The number of aromatic nitrogens is 1. The average Bonchev–Trinajstić information content (AvgIpc) is 2.65. The highest BCUT2D eigenvalue weighted by atomic mass is 79.9. The number of carbonyl (C=O) groups is 1. The molecular weight excluding hydrogens is 408 g/mol. The van der Waals surface area contributed by atoms with Crippen molar-refractivity contribution >= 4 is 33.4 Å². The summed E-state index contributed by atoms with van der Waals surface area (Å²) in [4.78, 5) is 17.2. The smallest absolute Gasteiger partial charge is 0.293 e. The van der Waals surface area contributed by atoms with E-state index >= 15 is 0 Å². The van der Waals surface area contributed by atoms with Gasteiger partial charge in [0.15, 0.2) is 6.54 Å². The second-order valence-corrected chi connectivity index (χ2v) is 7.03. The first-order valence-corrected chi connectivity index (χ1v) is 8.88. The van der Waals surface area contributed by atoms with Gasteiger partial charge in [-0.15, -0.1) is 0 Å². The third kappa shape index (κ3) is 4.21. The Bertz CT molecular complexity index is 903. The SMILES string of the molecule is C[N+]1(CC(=O)NNc2c3ccccc3nc3ccccc23)CCOCC1.[Br-].